The fraction of sp³-hybridized carbons (Fsp3) is 0.588. The zero-order chi connectivity index (χ0) is 53.9. The molecule has 0 unspecified atom stereocenters. The molecule has 24 heteroatoms. The summed E-state index contributed by atoms with van der Waals surface area (Å²) in [5.41, 5.74) is 0.743. The molecule has 9 rings (SSSR count). The number of thiazole rings is 1. The molecule has 6 bridgehead atoms. The van der Waals surface area contributed by atoms with E-state index in [9.17, 15) is 41.5 Å². The number of carbonyl (C=O) groups excluding carboxylic acids is 5. The van der Waals surface area contributed by atoms with Crippen molar-refractivity contribution < 1.29 is 60.1 Å². The van der Waals surface area contributed by atoms with E-state index < -0.39 is 88.8 Å². The summed E-state index contributed by atoms with van der Waals surface area (Å²) in [6.07, 6.45) is -3.01. The molecule has 1 spiro atoms. The molecule has 2 N–H and O–H groups in total. The van der Waals surface area contributed by atoms with Crippen molar-refractivity contribution in [3.63, 3.8) is 0 Å². The molecule has 5 aliphatic rings. The summed E-state index contributed by atoms with van der Waals surface area (Å²) in [5.74, 6) is -4.62. The molecular formula is C51H61ClF5N9O8S. The van der Waals surface area contributed by atoms with Crippen LogP contribution in [0.25, 0.3) is 33.4 Å². The van der Waals surface area contributed by atoms with E-state index in [0.717, 1.165) is 26.9 Å². The van der Waals surface area contributed by atoms with Crippen LogP contribution in [0, 0.1) is 22.6 Å². The van der Waals surface area contributed by atoms with Gasteiger partial charge in [0.2, 0.25) is 11.8 Å². The number of nitrogens with zero attached hydrogens (tertiary/aromatic N) is 7. The third-order valence-electron chi connectivity index (χ3n) is 15.0. The van der Waals surface area contributed by atoms with Crippen molar-refractivity contribution in [2.45, 2.75) is 109 Å². The van der Waals surface area contributed by atoms with Gasteiger partial charge in [-0.15, -0.1) is 11.3 Å². The number of anilines is 1. The zero-order valence-electron chi connectivity index (χ0n) is 42.5. The van der Waals surface area contributed by atoms with Gasteiger partial charge in [0.15, 0.2) is 0 Å². The zero-order valence-corrected chi connectivity index (χ0v) is 44.1. The van der Waals surface area contributed by atoms with Gasteiger partial charge < -0.3 is 38.8 Å². The number of likely N-dealkylation sites (tertiary alicyclic amines) is 2. The molecule has 4 aromatic rings. The average Bonchev–Trinajstić information content (AvgIpc) is 4.04. The molecular weight excluding hydrogens is 1030 g/mol. The van der Waals surface area contributed by atoms with Crippen molar-refractivity contribution in [3.05, 3.63) is 51.9 Å². The molecule has 0 saturated carbocycles. The Morgan fingerprint density at radius 3 is 2.47 bits per heavy atom. The van der Waals surface area contributed by atoms with Crippen molar-refractivity contribution in [2.75, 3.05) is 71.1 Å². The van der Waals surface area contributed by atoms with Gasteiger partial charge in [-0.3, -0.25) is 34.0 Å². The van der Waals surface area contributed by atoms with Gasteiger partial charge in [0.1, 0.15) is 30.5 Å². The number of hydrogen-bond donors (Lipinski definition) is 2. The minimum Gasteiger partial charge on any atom is -0.464 e. The summed E-state index contributed by atoms with van der Waals surface area (Å²) in [5, 5.41) is 6.29. The summed E-state index contributed by atoms with van der Waals surface area (Å²) >= 11 is 6.47. The lowest BCUT2D eigenvalue weighted by Gasteiger charge is -2.46. The fourth-order valence-corrected chi connectivity index (χ4v) is 12.1. The van der Waals surface area contributed by atoms with Gasteiger partial charge in [-0.25, -0.2) is 19.2 Å². The highest BCUT2D eigenvalue weighted by atomic mass is 35.5. The molecule has 75 heavy (non-hydrogen) atoms. The second kappa shape index (κ2) is 21.1. The quantitative estimate of drug-likeness (QED) is 0.102. The van der Waals surface area contributed by atoms with E-state index in [2.05, 4.69) is 10.7 Å². The number of ether oxygens (including phenoxy) is 3. The second-order valence-corrected chi connectivity index (χ2v) is 22.7. The molecule has 5 aliphatic heterocycles. The Kier molecular flexibility index (Phi) is 15.3. The predicted molar refractivity (Wildman–Crippen MR) is 267 cm³/mol. The lowest BCUT2D eigenvalue weighted by molar-refractivity contribution is -0.158. The lowest BCUT2D eigenvalue weighted by Crippen LogP contribution is -2.64. The first-order valence-corrected chi connectivity index (χ1v) is 26.4. The number of hydrogen-bond acceptors (Lipinski definition) is 13. The number of nitrogens with one attached hydrogen (secondary N) is 2. The molecule has 0 aliphatic carbocycles. The van der Waals surface area contributed by atoms with E-state index >= 15 is 4.39 Å². The van der Waals surface area contributed by atoms with Crippen LogP contribution in [0.3, 0.4) is 0 Å². The van der Waals surface area contributed by atoms with Gasteiger partial charge >= 0.3 is 12.1 Å². The third-order valence-corrected chi connectivity index (χ3v) is 16.0. The number of rotatable bonds is 10. The lowest BCUT2D eigenvalue weighted by atomic mass is 9.78. The van der Waals surface area contributed by atoms with Crippen LogP contribution in [0.1, 0.15) is 76.3 Å². The molecule has 17 nitrogen and oxygen atoms in total. The normalized spacial score (nSPS) is 22.5. The number of fused-ring (bicyclic) bond motifs is 6. The number of halogens is 6. The molecule has 3 aromatic heterocycles. The minimum atomic E-state index is -4.77. The molecule has 4 saturated heterocycles. The second-order valence-electron chi connectivity index (χ2n) is 21.3. The number of alkyl halides is 5. The molecule has 1 aromatic carbocycles. The Morgan fingerprint density at radius 1 is 1.05 bits per heavy atom. The summed E-state index contributed by atoms with van der Waals surface area (Å²) in [6, 6.07) is 0.940. The van der Waals surface area contributed by atoms with Crippen LogP contribution >= 0.6 is 22.9 Å². The van der Waals surface area contributed by atoms with Crippen molar-refractivity contribution in [2.24, 2.45) is 16.7 Å². The number of pyridine rings is 1. The van der Waals surface area contributed by atoms with E-state index in [1.807, 2.05) is 18.7 Å². The van der Waals surface area contributed by atoms with Crippen molar-refractivity contribution in [1.82, 2.24) is 40.1 Å². The van der Waals surface area contributed by atoms with E-state index in [1.165, 1.54) is 23.1 Å². The van der Waals surface area contributed by atoms with Crippen molar-refractivity contribution in [3.8, 4) is 22.5 Å². The van der Waals surface area contributed by atoms with Crippen LogP contribution in [-0.4, -0.2) is 155 Å². The Hall–Kier alpha value is -5.49. The van der Waals surface area contributed by atoms with E-state index in [1.54, 1.807) is 38.4 Å². The van der Waals surface area contributed by atoms with Gasteiger partial charge in [0, 0.05) is 80.1 Å². The molecule has 4 fully saturated rings. The third kappa shape index (κ3) is 10.9. The smallest absolute Gasteiger partial charge is 0.406 e. The Bertz CT molecular complexity index is 2870. The fourth-order valence-electron chi connectivity index (χ4n) is 11.1. The average molecular weight is 1090 g/mol. The number of amides is 4. The van der Waals surface area contributed by atoms with Gasteiger partial charge in [0.25, 0.3) is 17.4 Å². The van der Waals surface area contributed by atoms with Gasteiger partial charge in [0.05, 0.1) is 70.8 Å². The molecule has 0 radical (unpaired) electrons. The number of benzene rings is 1. The van der Waals surface area contributed by atoms with Crippen LogP contribution in [-0.2, 0) is 57.6 Å². The number of esters is 1. The topological polar surface area (TPSA) is 181 Å². The highest BCUT2D eigenvalue weighted by Gasteiger charge is 2.58. The number of aromatic nitrogens is 3. The Balaban J connectivity index is 1.14. The van der Waals surface area contributed by atoms with Crippen LogP contribution in [0.15, 0.2) is 29.8 Å². The van der Waals surface area contributed by atoms with Crippen LogP contribution < -0.4 is 15.6 Å². The van der Waals surface area contributed by atoms with Crippen molar-refractivity contribution >= 4 is 69.1 Å². The van der Waals surface area contributed by atoms with E-state index in [0.29, 0.717) is 78.5 Å². The van der Waals surface area contributed by atoms with Gasteiger partial charge in [-0.05, 0) is 62.3 Å². The Morgan fingerprint density at radius 2 is 1.79 bits per heavy atom. The first-order valence-electron chi connectivity index (χ1n) is 25.1. The largest absolute Gasteiger partial charge is 0.464 e. The highest BCUT2D eigenvalue weighted by Crippen LogP contribution is 2.46. The number of methoxy groups -OCH3 is 1. The number of morpholine rings is 1. The monoisotopic (exact) mass is 1090 g/mol. The first kappa shape index (κ1) is 54.3. The summed E-state index contributed by atoms with van der Waals surface area (Å²) in [6.45, 7) is 9.27. The highest BCUT2D eigenvalue weighted by molar-refractivity contribution is 7.10. The maximum Gasteiger partial charge on any atom is 0.406 e. The molecule has 8 heterocycles. The Labute approximate surface area is 439 Å². The summed E-state index contributed by atoms with van der Waals surface area (Å²) < 4.78 is 94.0. The number of hydrazine groups is 1. The summed E-state index contributed by atoms with van der Waals surface area (Å²) in [7, 11) is 1.47. The molecule has 5 atom stereocenters. The standard InChI is InChI=1S/C51H61ClF5N9O8S/c1-27(2)41(64-11-9-50(48(64)71)23-63(24-50)46(69)43(52)54)44(67)60-36-19-39-59-37(22-75-39)31-17-30-33(20-49(4,5)26-74-47(70)35-8-7-10-66(61-35)45(36)68)42(65(25-51(55,56)57)38(30)18-34(31)53)32-16-29(62-12-14-73-15-13-62)21-58-40(32)28(3)72-6/h16-18,21-22,27-28,35-36,41,43,61H,7-15,19-20,23-26H2,1-6H3,(H,60,67)/t28-,35-,36-,41-,43-/m0/s1. The maximum atomic E-state index is 16.9. The van der Waals surface area contributed by atoms with Crippen molar-refractivity contribution in [1.29, 1.82) is 0 Å². The molecule has 4 amide bonds. The first-order chi connectivity index (χ1) is 35.5. The molecule has 406 valence electrons. The maximum absolute atomic E-state index is 16.9. The van der Waals surface area contributed by atoms with E-state index in [-0.39, 0.29) is 74.0 Å². The predicted octanol–water partition coefficient (Wildman–Crippen LogP) is 6.34. The summed E-state index contributed by atoms with van der Waals surface area (Å²) in [4.78, 5) is 83.8. The SMILES string of the molecule is CO[C@@H](C)c1ncc(N2CCOCC2)cc1-c1c2c3cc(c(F)cc3n1CC(F)(F)F)-c1csc(n1)C[C@H](NC(=O)[C@H](C(C)C)N1CCC3(CN(C(=O)[C@H](F)Cl)C3)C1=O)C(=O)N1CCC[C@H](N1)C(=O)OCC(C)(C)C2. The van der Waals surface area contributed by atoms with E-state index in [4.69, 9.17) is 35.8 Å². The number of cyclic esters (lactones) is 1. The number of carbonyl (C=O) groups is 5. The van der Waals surface area contributed by atoms with Crippen LogP contribution in [0.2, 0.25) is 0 Å². The van der Waals surface area contributed by atoms with Crippen LogP contribution in [0.4, 0.5) is 27.6 Å². The van der Waals surface area contributed by atoms with Gasteiger partial charge in [-0.1, -0.05) is 39.3 Å². The van der Waals surface area contributed by atoms with Gasteiger partial charge in [-0.2, -0.15) is 13.2 Å². The minimum absolute atomic E-state index is 0.0314. The van der Waals surface area contributed by atoms with Crippen LogP contribution in [0.5, 0.6) is 0 Å².